The van der Waals surface area contributed by atoms with E-state index >= 15 is 0 Å². The van der Waals surface area contributed by atoms with Crippen LogP contribution in [0.3, 0.4) is 0 Å². The number of carbonyl (C=O) groups is 1. The van der Waals surface area contributed by atoms with Crippen LogP contribution >= 0.6 is 0 Å². The van der Waals surface area contributed by atoms with E-state index in [9.17, 15) is 14.9 Å². The van der Waals surface area contributed by atoms with Crippen LogP contribution in [-0.4, -0.2) is 31.5 Å². The molecule has 120 valence electrons. The first-order valence-electron chi connectivity index (χ1n) is 6.77. The van der Waals surface area contributed by atoms with Gasteiger partial charge in [-0.3, -0.25) is 14.9 Å². The van der Waals surface area contributed by atoms with Crippen LogP contribution in [0.2, 0.25) is 0 Å². The number of nitro groups is 1. The fourth-order valence-corrected chi connectivity index (χ4v) is 1.87. The number of benzene rings is 2. The number of ether oxygens (including phenoxy) is 3. The number of non-ortho nitro benzene ring substituents is 1. The van der Waals surface area contributed by atoms with Crippen molar-refractivity contribution in [3.05, 3.63) is 58.1 Å². The second kappa shape index (κ2) is 7.79. The van der Waals surface area contributed by atoms with Crippen molar-refractivity contribution in [1.29, 1.82) is 0 Å². The van der Waals surface area contributed by atoms with Gasteiger partial charge < -0.3 is 14.2 Å². The van der Waals surface area contributed by atoms with E-state index in [0.717, 1.165) is 6.29 Å². The van der Waals surface area contributed by atoms with Gasteiger partial charge in [0.05, 0.1) is 18.1 Å². The second-order valence-electron chi connectivity index (χ2n) is 4.48. The zero-order valence-corrected chi connectivity index (χ0v) is 12.4. The van der Waals surface area contributed by atoms with Crippen molar-refractivity contribution >= 4 is 12.0 Å². The first kappa shape index (κ1) is 16.3. The van der Waals surface area contributed by atoms with Crippen LogP contribution in [0.15, 0.2) is 42.5 Å². The third-order valence-corrected chi connectivity index (χ3v) is 2.96. The maximum atomic E-state index is 10.7. The van der Waals surface area contributed by atoms with Crippen LogP contribution in [0, 0.1) is 10.1 Å². The Hall–Kier alpha value is -3.09. The number of rotatable bonds is 8. The summed E-state index contributed by atoms with van der Waals surface area (Å²) in [4.78, 5) is 20.9. The molecule has 2 aromatic rings. The topological polar surface area (TPSA) is 87.9 Å². The second-order valence-corrected chi connectivity index (χ2v) is 4.48. The van der Waals surface area contributed by atoms with E-state index < -0.39 is 4.92 Å². The van der Waals surface area contributed by atoms with Gasteiger partial charge in [0.25, 0.3) is 5.69 Å². The SMILES string of the molecule is COc1cc(C=O)ccc1OCCOc1cccc([N+](=O)[O-])c1. The number of nitro benzene ring substituents is 1. The highest BCUT2D eigenvalue weighted by atomic mass is 16.6. The molecule has 7 nitrogen and oxygen atoms in total. The van der Waals surface area contributed by atoms with Crippen molar-refractivity contribution < 1.29 is 23.9 Å². The van der Waals surface area contributed by atoms with Gasteiger partial charge in [-0.25, -0.2) is 0 Å². The molecule has 0 aliphatic rings. The summed E-state index contributed by atoms with van der Waals surface area (Å²) in [5.41, 5.74) is 0.455. The zero-order valence-electron chi connectivity index (χ0n) is 12.4. The number of hydrogen-bond acceptors (Lipinski definition) is 6. The predicted octanol–water partition coefficient (Wildman–Crippen LogP) is 2.87. The van der Waals surface area contributed by atoms with Gasteiger partial charge in [0, 0.05) is 11.6 Å². The minimum atomic E-state index is -0.483. The molecule has 0 atom stereocenters. The highest BCUT2D eigenvalue weighted by molar-refractivity contribution is 5.76. The Morgan fingerprint density at radius 2 is 1.87 bits per heavy atom. The molecule has 0 saturated carbocycles. The molecule has 0 N–H and O–H groups in total. The number of hydrogen-bond donors (Lipinski definition) is 0. The van der Waals surface area contributed by atoms with Gasteiger partial charge >= 0.3 is 0 Å². The first-order valence-corrected chi connectivity index (χ1v) is 6.77. The zero-order chi connectivity index (χ0) is 16.7. The van der Waals surface area contributed by atoms with E-state index in [2.05, 4.69) is 0 Å². The minimum Gasteiger partial charge on any atom is -0.493 e. The van der Waals surface area contributed by atoms with E-state index in [1.807, 2.05) is 0 Å². The smallest absolute Gasteiger partial charge is 0.273 e. The third kappa shape index (κ3) is 4.44. The lowest BCUT2D eigenvalue weighted by Gasteiger charge is -2.11. The summed E-state index contributed by atoms with van der Waals surface area (Å²) in [5.74, 6) is 1.33. The van der Waals surface area contributed by atoms with E-state index in [0.29, 0.717) is 22.8 Å². The average molecular weight is 317 g/mol. The quantitative estimate of drug-likeness (QED) is 0.322. The summed E-state index contributed by atoms with van der Waals surface area (Å²) in [5, 5.41) is 10.7. The molecule has 0 aliphatic heterocycles. The van der Waals surface area contributed by atoms with Gasteiger partial charge in [0.15, 0.2) is 11.5 Å². The molecule has 0 unspecified atom stereocenters. The van der Waals surface area contributed by atoms with Crippen LogP contribution in [0.4, 0.5) is 5.69 Å². The van der Waals surface area contributed by atoms with E-state index in [1.54, 1.807) is 30.3 Å². The van der Waals surface area contributed by atoms with Crippen LogP contribution in [0.25, 0.3) is 0 Å². The molecule has 0 saturated heterocycles. The highest BCUT2D eigenvalue weighted by Crippen LogP contribution is 2.27. The summed E-state index contributed by atoms with van der Waals surface area (Å²) < 4.78 is 16.1. The van der Waals surface area contributed by atoms with E-state index in [1.165, 1.54) is 19.2 Å². The molecule has 0 aliphatic carbocycles. The van der Waals surface area contributed by atoms with Crippen LogP contribution in [0.1, 0.15) is 10.4 Å². The molecular weight excluding hydrogens is 302 g/mol. The number of nitrogens with zero attached hydrogens (tertiary/aromatic N) is 1. The normalized spacial score (nSPS) is 9.96. The van der Waals surface area contributed by atoms with Crippen LogP contribution in [-0.2, 0) is 0 Å². The molecular formula is C16H15NO6. The van der Waals surface area contributed by atoms with Crippen LogP contribution in [0.5, 0.6) is 17.2 Å². The summed E-state index contributed by atoms with van der Waals surface area (Å²) in [6.07, 6.45) is 0.720. The summed E-state index contributed by atoms with van der Waals surface area (Å²) in [6, 6.07) is 10.7. The van der Waals surface area contributed by atoms with Crippen molar-refractivity contribution in [3.63, 3.8) is 0 Å². The monoisotopic (exact) mass is 317 g/mol. The molecule has 23 heavy (non-hydrogen) atoms. The van der Waals surface area contributed by atoms with Crippen molar-refractivity contribution in [2.45, 2.75) is 0 Å². The Balaban J connectivity index is 1.89. The number of aldehydes is 1. The van der Waals surface area contributed by atoms with Crippen molar-refractivity contribution in [2.24, 2.45) is 0 Å². The maximum Gasteiger partial charge on any atom is 0.273 e. The lowest BCUT2D eigenvalue weighted by atomic mass is 10.2. The Kier molecular flexibility index (Phi) is 5.51. The van der Waals surface area contributed by atoms with Gasteiger partial charge in [-0.05, 0) is 24.3 Å². The molecule has 7 heteroatoms. The van der Waals surface area contributed by atoms with Gasteiger partial charge in [-0.1, -0.05) is 6.07 Å². The Bertz CT molecular complexity index is 701. The molecule has 0 bridgehead atoms. The van der Waals surface area contributed by atoms with Crippen molar-refractivity contribution in [2.75, 3.05) is 20.3 Å². The molecule has 0 heterocycles. The predicted molar refractivity (Wildman–Crippen MR) is 82.5 cm³/mol. The minimum absolute atomic E-state index is 0.0328. The van der Waals surface area contributed by atoms with E-state index in [-0.39, 0.29) is 18.9 Å². The fourth-order valence-electron chi connectivity index (χ4n) is 1.87. The highest BCUT2D eigenvalue weighted by Gasteiger charge is 2.07. The van der Waals surface area contributed by atoms with Crippen molar-refractivity contribution in [3.8, 4) is 17.2 Å². The lowest BCUT2D eigenvalue weighted by Crippen LogP contribution is -2.09. The van der Waals surface area contributed by atoms with Gasteiger partial charge in [0.2, 0.25) is 0 Å². The van der Waals surface area contributed by atoms with Crippen molar-refractivity contribution in [1.82, 2.24) is 0 Å². The van der Waals surface area contributed by atoms with Crippen LogP contribution < -0.4 is 14.2 Å². The molecule has 0 aromatic heterocycles. The molecule has 2 rings (SSSR count). The Morgan fingerprint density at radius 3 is 2.57 bits per heavy atom. The largest absolute Gasteiger partial charge is 0.493 e. The molecule has 2 aromatic carbocycles. The standard InChI is InChI=1S/C16H15NO6/c1-21-16-9-12(11-18)5-6-15(16)23-8-7-22-14-4-2-3-13(10-14)17(19)20/h2-6,9-11H,7-8H2,1H3. The Labute approximate surface area is 132 Å². The average Bonchev–Trinajstić information content (AvgIpc) is 2.59. The Morgan fingerprint density at radius 1 is 1.09 bits per heavy atom. The first-order chi connectivity index (χ1) is 11.1. The lowest BCUT2D eigenvalue weighted by molar-refractivity contribution is -0.384. The number of carbonyl (C=O) groups excluding carboxylic acids is 1. The molecule has 0 fully saturated rings. The van der Waals surface area contributed by atoms with E-state index in [4.69, 9.17) is 14.2 Å². The fraction of sp³-hybridized carbons (Fsp3) is 0.188. The molecule has 0 amide bonds. The molecule has 0 spiro atoms. The summed E-state index contributed by atoms with van der Waals surface area (Å²) >= 11 is 0. The molecule has 0 radical (unpaired) electrons. The summed E-state index contributed by atoms with van der Waals surface area (Å²) in [7, 11) is 1.48. The van der Waals surface area contributed by atoms with Gasteiger partial charge in [-0.15, -0.1) is 0 Å². The maximum absolute atomic E-state index is 10.7. The van der Waals surface area contributed by atoms with Gasteiger partial charge in [0.1, 0.15) is 25.2 Å². The third-order valence-electron chi connectivity index (χ3n) is 2.96. The summed E-state index contributed by atoms with van der Waals surface area (Å²) in [6.45, 7) is 0.430. The number of methoxy groups -OCH3 is 1. The van der Waals surface area contributed by atoms with Gasteiger partial charge in [-0.2, -0.15) is 0 Å².